The molecule has 0 unspecified atom stereocenters. The standard InChI is InChI=1S/C22H30N4O3S/c1-16-17(15-25-11-13-30-14-12-25)5-4-6-18(16)23-19(27)7-10-26-20(28)22(24-21(26)29)8-2-3-9-22/h4-6H,2-3,7-15H2,1H3,(H,23,27)(H,24,29). The fourth-order valence-electron chi connectivity index (χ4n) is 4.61. The highest BCUT2D eigenvalue weighted by Crippen LogP contribution is 2.35. The highest BCUT2D eigenvalue weighted by molar-refractivity contribution is 7.99. The molecule has 7 nitrogen and oxygen atoms in total. The van der Waals surface area contributed by atoms with Crippen molar-refractivity contribution in [1.82, 2.24) is 15.1 Å². The Hall–Kier alpha value is -2.06. The molecule has 2 N–H and O–H groups in total. The van der Waals surface area contributed by atoms with Gasteiger partial charge in [0.2, 0.25) is 5.91 Å². The van der Waals surface area contributed by atoms with Crippen molar-refractivity contribution >= 4 is 35.3 Å². The molecule has 0 radical (unpaired) electrons. The smallest absolute Gasteiger partial charge is 0.325 e. The summed E-state index contributed by atoms with van der Waals surface area (Å²) >= 11 is 1.99. The van der Waals surface area contributed by atoms with Crippen molar-refractivity contribution in [3.8, 4) is 0 Å². The van der Waals surface area contributed by atoms with Crippen molar-refractivity contribution in [1.29, 1.82) is 0 Å². The van der Waals surface area contributed by atoms with Crippen LogP contribution < -0.4 is 10.6 Å². The maximum absolute atomic E-state index is 12.7. The molecule has 8 heteroatoms. The minimum Gasteiger partial charge on any atom is -0.326 e. The number of imide groups is 1. The Morgan fingerprint density at radius 2 is 1.93 bits per heavy atom. The van der Waals surface area contributed by atoms with E-state index in [-0.39, 0.29) is 30.8 Å². The first-order valence-corrected chi connectivity index (χ1v) is 12.0. The van der Waals surface area contributed by atoms with Gasteiger partial charge in [0.1, 0.15) is 5.54 Å². The Balaban J connectivity index is 1.33. The van der Waals surface area contributed by atoms with E-state index in [2.05, 4.69) is 21.6 Å². The summed E-state index contributed by atoms with van der Waals surface area (Å²) in [4.78, 5) is 41.2. The minimum atomic E-state index is -0.717. The molecule has 1 aliphatic carbocycles. The number of amides is 4. The lowest BCUT2D eigenvalue weighted by Crippen LogP contribution is -2.44. The van der Waals surface area contributed by atoms with Gasteiger partial charge in [0.25, 0.3) is 5.91 Å². The number of hydrogen-bond donors (Lipinski definition) is 2. The monoisotopic (exact) mass is 430 g/mol. The van der Waals surface area contributed by atoms with E-state index in [1.165, 1.54) is 22.0 Å². The first kappa shape index (κ1) is 21.2. The average molecular weight is 431 g/mol. The molecule has 3 fully saturated rings. The molecule has 0 aromatic heterocycles. The Kier molecular flexibility index (Phi) is 6.34. The maximum atomic E-state index is 12.7. The summed E-state index contributed by atoms with van der Waals surface area (Å²) in [7, 11) is 0. The Morgan fingerprint density at radius 1 is 1.20 bits per heavy atom. The Labute approximate surface area is 181 Å². The third kappa shape index (κ3) is 4.34. The number of rotatable bonds is 6. The number of carbonyl (C=O) groups is 3. The van der Waals surface area contributed by atoms with E-state index >= 15 is 0 Å². The second-order valence-corrected chi connectivity index (χ2v) is 9.68. The van der Waals surface area contributed by atoms with Crippen LogP contribution in [0.3, 0.4) is 0 Å². The zero-order valence-corrected chi connectivity index (χ0v) is 18.4. The van der Waals surface area contributed by atoms with E-state index < -0.39 is 5.54 Å². The van der Waals surface area contributed by atoms with E-state index in [1.807, 2.05) is 30.8 Å². The lowest BCUT2D eigenvalue weighted by atomic mass is 9.98. The fraction of sp³-hybridized carbons (Fsp3) is 0.591. The van der Waals surface area contributed by atoms with E-state index in [4.69, 9.17) is 0 Å². The number of benzene rings is 1. The third-order valence-corrected chi connectivity index (χ3v) is 7.43. The Morgan fingerprint density at radius 3 is 2.67 bits per heavy atom. The molecule has 1 spiro atoms. The van der Waals surface area contributed by atoms with Crippen LogP contribution in [0.5, 0.6) is 0 Å². The van der Waals surface area contributed by atoms with Crippen LogP contribution in [0.25, 0.3) is 0 Å². The molecule has 4 amide bonds. The number of thioether (sulfide) groups is 1. The summed E-state index contributed by atoms with van der Waals surface area (Å²) in [5, 5.41) is 5.83. The molecule has 3 aliphatic rings. The first-order valence-electron chi connectivity index (χ1n) is 10.8. The van der Waals surface area contributed by atoms with Gasteiger partial charge in [-0.15, -0.1) is 0 Å². The lowest BCUT2D eigenvalue weighted by molar-refractivity contribution is -0.131. The molecule has 162 valence electrons. The van der Waals surface area contributed by atoms with E-state index in [1.54, 1.807) is 0 Å². The van der Waals surface area contributed by atoms with Crippen LogP contribution in [0, 0.1) is 6.92 Å². The van der Waals surface area contributed by atoms with Crippen molar-refractivity contribution in [2.45, 2.75) is 51.1 Å². The largest absolute Gasteiger partial charge is 0.326 e. The zero-order chi connectivity index (χ0) is 21.1. The lowest BCUT2D eigenvalue weighted by Gasteiger charge is -2.27. The number of hydrogen-bond acceptors (Lipinski definition) is 5. The predicted octanol–water partition coefficient (Wildman–Crippen LogP) is 2.74. The average Bonchev–Trinajstić information content (AvgIpc) is 3.29. The van der Waals surface area contributed by atoms with Gasteiger partial charge in [-0.2, -0.15) is 11.8 Å². The Bertz CT molecular complexity index is 832. The molecule has 1 saturated carbocycles. The molecule has 0 atom stereocenters. The number of urea groups is 1. The molecule has 30 heavy (non-hydrogen) atoms. The van der Waals surface area contributed by atoms with Crippen LogP contribution in [-0.2, 0) is 16.1 Å². The second kappa shape index (κ2) is 8.98. The van der Waals surface area contributed by atoms with Crippen molar-refractivity contribution in [3.05, 3.63) is 29.3 Å². The van der Waals surface area contributed by atoms with Crippen LogP contribution in [0.15, 0.2) is 18.2 Å². The topological polar surface area (TPSA) is 81.8 Å². The first-order chi connectivity index (χ1) is 14.5. The van der Waals surface area contributed by atoms with Crippen LogP contribution in [0.4, 0.5) is 10.5 Å². The SMILES string of the molecule is Cc1c(CN2CCSCC2)cccc1NC(=O)CCN1C(=O)NC2(CCCC2)C1=O. The molecule has 2 heterocycles. The summed E-state index contributed by atoms with van der Waals surface area (Å²) in [6, 6.07) is 5.62. The molecular formula is C22H30N4O3S. The third-order valence-electron chi connectivity index (χ3n) is 6.48. The maximum Gasteiger partial charge on any atom is 0.325 e. The van der Waals surface area contributed by atoms with Gasteiger partial charge in [0, 0.05) is 49.8 Å². The summed E-state index contributed by atoms with van der Waals surface area (Å²) in [6.07, 6.45) is 3.39. The van der Waals surface area contributed by atoms with Gasteiger partial charge in [0.05, 0.1) is 0 Å². The van der Waals surface area contributed by atoms with Gasteiger partial charge >= 0.3 is 6.03 Å². The summed E-state index contributed by atoms with van der Waals surface area (Å²) in [5.41, 5.74) is 2.38. The van der Waals surface area contributed by atoms with E-state index in [9.17, 15) is 14.4 Å². The molecule has 1 aromatic carbocycles. The number of nitrogens with one attached hydrogen (secondary N) is 2. The highest BCUT2D eigenvalue weighted by atomic mass is 32.2. The van der Waals surface area contributed by atoms with E-state index in [0.29, 0.717) is 12.8 Å². The fourth-order valence-corrected chi connectivity index (χ4v) is 5.59. The summed E-state index contributed by atoms with van der Waals surface area (Å²) < 4.78 is 0. The van der Waals surface area contributed by atoms with Crippen LogP contribution in [0.1, 0.15) is 43.2 Å². The number of anilines is 1. The molecule has 0 bridgehead atoms. The van der Waals surface area contributed by atoms with Crippen LogP contribution >= 0.6 is 11.8 Å². The summed E-state index contributed by atoms with van der Waals surface area (Å²) in [5.74, 6) is 1.98. The van der Waals surface area contributed by atoms with Gasteiger partial charge in [-0.3, -0.25) is 19.4 Å². The van der Waals surface area contributed by atoms with Gasteiger partial charge in [-0.1, -0.05) is 25.0 Å². The van der Waals surface area contributed by atoms with Crippen LogP contribution in [-0.4, -0.2) is 64.3 Å². The molecule has 2 aliphatic heterocycles. The van der Waals surface area contributed by atoms with Gasteiger partial charge in [-0.25, -0.2) is 4.79 Å². The normalized spacial score (nSPS) is 21.3. The van der Waals surface area contributed by atoms with Crippen molar-refractivity contribution < 1.29 is 14.4 Å². The van der Waals surface area contributed by atoms with Gasteiger partial charge in [-0.05, 0) is 37.0 Å². The predicted molar refractivity (Wildman–Crippen MR) is 118 cm³/mol. The highest BCUT2D eigenvalue weighted by Gasteiger charge is 2.52. The minimum absolute atomic E-state index is 0.0995. The van der Waals surface area contributed by atoms with Crippen molar-refractivity contribution in [3.63, 3.8) is 0 Å². The molecule has 4 rings (SSSR count). The molecule has 2 saturated heterocycles. The zero-order valence-electron chi connectivity index (χ0n) is 17.5. The second-order valence-electron chi connectivity index (χ2n) is 8.45. The summed E-state index contributed by atoms with van der Waals surface area (Å²) in [6.45, 7) is 5.22. The van der Waals surface area contributed by atoms with E-state index in [0.717, 1.165) is 43.7 Å². The number of nitrogens with zero attached hydrogens (tertiary/aromatic N) is 2. The van der Waals surface area contributed by atoms with Gasteiger partial charge in [0.15, 0.2) is 0 Å². The van der Waals surface area contributed by atoms with Gasteiger partial charge < -0.3 is 10.6 Å². The van der Waals surface area contributed by atoms with Crippen molar-refractivity contribution in [2.75, 3.05) is 36.5 Å². The molecular weight excluding hydrogens is 400 g/mol. The quantitative estimate of drug-likeness (QED) is 0.678. The van der Waals surface area contributed by atoms with Crippen LogP contribution in [0.2, 0.25) is 0 Å². The number of carbonyl (C=O) groups excluding carboxylic acids is 3. The van der Waals surface area contributed by atoms with Crippen molar-refractivity contribution in [2.24, 2.45) is 0 Å². The molecule has 1 aromatic rings.